The maximum Gasteiger partial charge on any atom is 0.162 e. The van der Waals surface area contributed by atoms with Gasteiger partial charge in [-0.2, -0.15) is 0 Å². The normalized spacial score (nSPS) is 11.3. The molecule has 1 rings (SSSR count). The fraction of sp³-hybridized carbons (Fsp3) is 0.588. The first-order valence-electron chi connectivity index (χ1n) is 7.68. The first kappa shape index (κ1) is 18.3. The summed E-state index contributed by atoms with van der Waals surface area (Å²) in [4.78, 5) is 16.7. The van der Waals surface area contributed by atoms with E-state index in [0.29, 0.717) is 6.42 Å². The Morgan fingerprint density at radius 2 is 1.67 bits per heavy atom. The predicted octanol–water partition coefficient (Wildman–Crippen LogP) is 3.69. The molecule has 0 bridgehead atoms. The molecule has 0 heterocycles. The van der Waals surface area contributed by atoms with Gasteiger partial charge < -0.3 is 9.80 Å². The number of rotatable bonds is 10. The van der Waals surface area contributed by atoms with Gasteiger partial charge in [-0.25, -0.2) is 0 Å². The summed E-state index contributed by atoms with van der Waals surface area (Å²) in [6.45, 7) is 6.48. The van der Waals surface area contributed by atoms with Gasteiger partial charge in [-0.15, -0.1) is 0 Å². The molecule has 118 valence electrons. The van der Waals surface area contributed by atoms with Crippen LogP contribution in [0.15, 0.2) is 28.7 Å². The molecule has 0 atom stereocenters. The highest BCUT2D eigenvalue weighted by Crippen LogP contribution is 2.12. The average Bonchev–Trinajstić information content (AvgIpc) is 2.45. The molecule has 3 nitrogen and oxygen atoms in total. The van der Waals surface area contributed by atoms with Crippen LogP contribution in [0.1, 0.15) is 36.5 Å². The van der Waals surface area contributed by atoms with Crippen LogP contribution in [-0.4, -0.2) is 55.9 Å². The molecule has 0 aromatic heterocycles. The highest BCUT2D eigenvalue weighted by Gasteiger charge is 2.07. The first-order chi connectivity index (χ1) is 10.0. The summed E-state index contributed by atoms with van der Waals surface area (Å²) < 4.78 is 1.01. The molecule has 21 heavy (non-hydrogen) atoms. The number of Topliss-reactive ketones (excluding diaryl/α,β-unsaturated/α-hetero) is 1. The zero-order valence-corrected chi connectivity index (χ0v) is 15.0. The van der Waals surface area contributed by atoms with Crippen molar-refractivity contribution in [1.82, 2.24) is 9.80 Å². The molecule has 0 saturated heterocycles. The fourth-order valence-corrected chi connectivity index (χ4v) is 2.55. The molecular formula is C17H27BrN2O. The molecule has 0 spiro atoms. The van der Waals surface area contributed by atoms with Crippen LogP contribution in [0.25, 0.3) is 0 Å². The number of nitrogens with zero attached hydrogens (tertiary/aromatic N) is 2. The Morgan fingerprint density at radius 1 is 1.05 bits per heavy atom. The fourth-order valence-electron chi connectivity index (χ4n) is 2.28. The molecule has 0 N–H and O–H groups in total. The van der Waals surface area contributed by atoms with Crippen LogP contribution in [0.2, 0.25) is 0 Å². The van der Waals surface area contributed by atoms with Crippen molar-refractivity contribution >= 4 is 21.7 Å². The second kappa shape index (κ2) is 10.1. The Kier molecular flexibility index (Phi) is 8.81. The first-order valence-corrected chi connectivity index (χ1v) is 8.48. The number of halogens is 1. The Bertz CT molecular complexity index is 417. The van der Waals surface area contributed by atoms with Crippen LogP contribution in [0.5, 0.6) is 0 Å². The van der Waals surface area contributed by atoms with Gasteiger partial charge in [0, 0.05) is 16.5 Å². The van der Waals surface area contributed by atoms with Crippen LogP contribution in [-0.2, 0) is 0 Å². The standard InChI is InChI=1S/C17H27BrN2O/c1-4-20(14-6-12-19(2)3)13-5-7-17(21)15-8-10-16(18)11-9-15/h8-11H,4-7,12-14H2,1-3H3. The highest BCUT2D eigenvalue weighted by molar-refractivity contribution is 9.10. The van der Waals surface area contributed by atoms with Gasteiger partial charge in [0.05, 0.1) is 0 Å². The largest absolute Gasteiger partial charge is 0.309 e. The second-order valence-corrected chi connectivity index (χ2v) is 6.54. The third-order valence-corrected chi connectivity index (χ3v) is 4.10. The number of carbonyl (C=O) groups is 1. The maximum atomic E-state index is 12.1. The van der Waals surface area contributed by atoms with E-state index in [9.17, 15) is 4.79 Å². The van der Waals surface area contributed by atoms with Crippen molar-refractivity contribution in [2.45, 2.75) is 26.2 Å². The van der Waals surface area contributed by atoms with Crippen molar-refractivity contribution in [3.63, 3.8) is 0 Å². The van der Waals surface area contributed by atoms with Gasteiger partial charge in [0.1, 0.15) is 0 Å². The summed E-state index contributed by atoms with van der Waals surface area (Å²) in [5.41, 5.74) is 0.814. The average molecular weight is 355 g/mol. The lowest BCUT2D eigenvalue weighted by atomic mass is 10.1. The Balaban J connectivity index is 2.27. The van der Waals surface area contributed by atoms with Crippen molar-refractivity contribution in [1.29, 1.82) is 0 Å². The molecule has 0 aliphatic rings. The number of hydrogen-bond donors (Lipinski definition) is 0. The Hall–Kier alpha value is -0.710. The van der Waals surface area contributed by atoms with Crippen LogP contribution < -0.4 is 0 Å². The van der Waals surface area contributed by atoms with E-state index in [4.69, 9.17) is 0 Å². The van der Waals surface area contributed by atoms with E-state index in [1.807, 2.05) is 24.3 Å². The van der Waals surface area contributed by atoms with Gasteiger partial charge >= 0.3 is 0 Å². The lowest BCUT2D eigenvalue weighted by Gasteiger charge is -2.21. The summed E-state index contributed by atoms with van der Waals surface area (Å²) in [6, 6.07) is 7.63. The highest BCUT2D eigenvalue weighted by atomic mass is 79.9. The molecule has 1 aromatic rings. The summed E-state index contributed by atoms with van der Waals surface area (Å²) in [5.74, 6) is 0.242. The van der Waals surface area contributed by atoms with Crippen LogP contribution in [0, 0.1) is 0 Å². The minimum atomic E-state index is 0.242. The third kappa shape index (κ3) is 7.74. The van der Waals surface area contributed by atoms with Gasteiger partial charge in [0.25, 0.3) is 0 Å². The molecule has 0 aliphatic carbocycles. The zero-order chi connectivity index (χ0) is 15.7. The van der Waals surface area contributed by atoms with Crippen molar-refractivity contribution in [3.8, 4) is 0 Å². The number of hydrogen-bond acceptors (Lipinski definition) is 3. The van der Waals surface area contributed by atoms with Crippen molar-refractivity contribution < 1.29 is 4.79 Å². The van der Waals surface area contributed by atoms with Crippen LogP contribution in [0.3, 0.4) is 0 Å². The van der Waals surface area contributed by atoms with Gasteiger partial charge in [-0.3, -0.25) is 4.79 Å². The monoisotopic (exact) mass is 354 g/mol. The molecule has 0 fully saturated rings. The second-order valence-electron chi connectivity index (χ2n) is 5.62. The van der Waals surface area contributed by atoms with E-state index in [2.05, 4.69) is 46.7 Å². The molecule has 0 amide bonds. The van der Waals surface area contributed by atoms with E-state index >= 15 is 0 Å². The van der Waals surface area contributed by atoms with E-state index in [1.165, 1.54) is 6.42 Å². The summed E-state index contributed by atoms with van der Waals surface area (Å²) in [6.07, 6.45) is 2.75. The zero-order valence-electron chi connectivity index (χ0n) is 13.4. The van der Waals surface area contributed by atoms with Gasteiger partial charge in [-0.1, -0.05) is 35.0 Å². The number of carbonyl (C=O) groups excluding carboxylic acids is 1. The Morgan fingerprint density at radius 3 is 2.24 bits per heavy atom. The van der Waals surface area contributed by atoms with Gasteiger partial charge in [0.2, 0.25) is 0 Å². The number of ketones is 1. The smallest absolute Gasteiger partial charge is 0.162 e. The SMILES string of the molecule is CCN(CCCC(=O)c1ccc(Br)cc1)CCCN(C)C. The lowest BCUT2D eigenvalue weighted by Crippen LogP contribution is -2.28. The number of benzene rings is 1. The third-order valence-electron chi connectivity index (χ3n) is 3.57. The van der Waals surface area contributed by atoms with E-state index in [1.54, 1.807) is 0 Å². The molecule has 0 radical (unpaired) electrons. The minimum Gasteiger partial charge on any atom is -0.309 e. The molecule has 0 aliphatic heterocycles. The minimum absolute atomic E-state index is 0.242. The van der Waals surface area contributed by atoms with Gasteiger partial charge in [-0.05, 0) is 65.2 Å². The summed E-state index contributed by atoms with van der Waals surface area (Å²) in [7, 11) is 4.21. The molecular weight excluding hydrogens is 328 g/mol. The van der Waals surface area contributed by atoms with Crippen LogP contribution >= 0.6 is 15.9 Å². The van der Waals surface area contributed by atoms with Crippen molar-refractivity contribution in [3.05, 3.63) is 34.3 Å². The molecule has 4 heteroatoms. The maximum absolute atomic E-state index is 12.1. The summed E-state index contributed by atoms with van der Waals surface area (Å²) >= 11 is 3.39. The summed E-state index contributed by atoms with van der Waals surface area (Å²) in [5, 5.41) is 0. The lowest BCUT2D eigenvalue weighted by molar-refractivity contribution is 0.0974. The van der Waals surface area contributed by atoms with E-state index in [0.717, 1.165) is 42.6 Å². The molecule has 0 unspecified atom stereocenters. The van der Waals surface area contributed by atoms with Crippen molar-refractivity contribution in [2.24, 2.45) is 0 Å². The topological polar surface area (TPSA) is 23.6 Å². The Labute approximate surface area is 137 Å². The quantitative estimate of drug-likeness (QED) is 0.598. The van der Waals surface area contributed by atoms with E-state index < -0.39 is 0 Å². The predicted molar refractivity (Wildman–Crippen MR) is 93.0 cm³/mol. The van der Waals surface area contributed by atoms with Gasteiger partial charge in [0.15, 0.2) is 5.78 Å². The van der Waals surface area contributed by atoms with Crippen LogP contribution in [0.4, 0.5) is 0 Å². The molecule has 1 aromatic carbocycles. The van der Waals surface area contributed by atoms with Crippen molar-refractivity contribution in [2.75, 3.05) is 40.3 Å². The molecule has 0 saturated carbocycles. The van der Waals surface area contributed by atoms with E-state index in [-0.39, 0.29) is 5.78 Å².